The van der Waals surface area contributed by atoms with E-state index in [4.69, 9.17) is 14.9 Å². The molecule has 0 saturated heterocycles. The first-order chi connectivity index (χ1) is 8.24. The smallest absolute Gasteiger partial charge is 0.126 e. The standard InChI is InChI=1S/C13H14FNO2/c14-10-3-1-4-12(7-10)17-9-11(15)8-13-5-2-6-16-13/h1-7,11H,8-9,15H2. The van der Waals surface area contributed by atoms with Gasteiger partial charge in [-0.3, -0.25) is 0 Å². The summed E-state index contributed by atoms with van der Waals surface area (Å²) in [5.74, 6) is 0.988. The Hall–Kier alpha value is -1.81. The van der Waals surface area contributed by atoms with Gasteiger partial charge in [-0.2, -0.15) is 0 Å². The molecule has 3 nitrogen and oxygen atoms in total. The predicted molar refractivity (Wildman–Crippen MR) is 62.3 cm³/mol. The van der Waals surface area contributed by atoms with E-state index in [0.29, 0.717) is 18.8 Å². The highest BCUT2D eigenvalue weighted by Gasteiger charge is 2.07. The van der Waals surface area contributed by atoms with Gasteiger partial charge in [0.05, 0.1) is 6.26 Å². The molecule has 0 aliphatic heterocycles. The summed E-state index contributed by atoms with van der Waals surface area (Å²) in [5.41, 5.74) is 5.87. The van der Waals surface area contributed by atoms with Crippen LogP contribution in [0.5, 0.6) is 5.75 Å². The van der Waals surface area contributed by atoms with E-state index in [2.05, 4.69) is 0 Å². The minimum atomic E-state index is -0.317. The molecule has 1 aromatic heterocycles. The Balaban J connectivity index is 1.82. The van der Waals surface area contributed by atoms with Crippen molar-refractivity contribution < 1.29 is 13.5 Å². The fraction of sp³-hybridized carbons (Fsp3) is 0.231. The van der Waals surface area contributed by atoms with E-state index in [0.717, 1.165) is 5.76 Å². The third-order valence-electron chi connectivity index (χ3n) is 2.30. The summed E-state index contributed by atoms with van der Waals surface area (Å²) in [6.07, 6.45) is 2.21. The van der Waals surface area contributed by atoms with Crippen molar-refractivity contribution in [3.63, 3.8) is 0 Å². The van der Waals surface area contributed by atoms with E-state index < -0.39 is 0 Å². The number of hydrogen-bond acceptors (Lipinski definition) is 3. The normalized spacial score (nSPS) is 12.4. The van der Waals surface area contributed by atoms with Crippen molar-refractivity contribution in [1.29, 1.82) is 0 Å². The molecule has 0 amide bonds. The monoisotopic (exact) mass is 235 g/mol. The van der Waals surface area contributed by atoms with Gasteiger partial charge in [-0.05, 0) is 24.3 Å². The first-order valence-corrected chi connectivity index (χ1v) is 5.40. The van der Waals surface area contributed by atoms with Gasteiger partial charge in [0.15, 0.2) is 0 Å². The Labute approximate surface area is 99.0 Å². The molecule has 0 aliphatic carbocycles. The SMILES string of the molecule is NC(COc1cccc(F)c1)Cc1ccco1. The Morgan fingerprint density at radius 3 is 2.88 bits per heavy atom. The van der Waals surface area contributed by atoms with Gasteiger partial charge in [0.2, 0.25) is 0 Å². The minimum Gasteiger partial charge on any atom is -0.492 e. The summed E-state index contributed by atoms with van der Waals surface area (Å²) < 4.78 is 23.4. The summed E-state index contributed by atoms with van der Waals surface area (Å²) in [4.78, 5) is 0. The first kappa shape index (κ1) is 11.7. The quantitative estimate of drug-likeness (QED) is 0.865. The molecule has 17 heavy (non-hydrogen) atoms. The lowest BCUT2D eigenvalue weighted by molar-refractivity contribution is 0.280. The summed E-state index contributed by atoms with van der Waals surface area (Å²) in [5, 5.41) is 0. The minimum absolute atomic E-state index is 0.176. The molecule has 0 spiro atoms. The molecule has 0 radical (unpaired) electrons. The number of halogens is 1. The average Bonchev–Trinajstić information content (AvgIpc) is 2.79. The van der Waals surface area contributed by atoms with Gasteiger partial charge in [-0.15, -0.1) is 0 Å². The summed E-state index contributed by atoms with van der Waals surface area (Å²) in [6, 6.07) is 9.50. The van der Waals surface area contributed by atoms with Gasteiger partial charge < -0.3 is 14.9 Å². The number of nitrogens with two attached hydrogens (primary N) is 1. The number of furan rings is 1. The van der Waals surface area contributed by atoms with Gasteiger partial charge in [0.1, 0.15) is 23.9 Å². The van der Waals surface area contributed by atoms with Gasteiger partial charge in [-0.25, -0.2) is 4.39 Å². The summed E-state index contributed by atoms with van der Waals surface area (Å²) >= 11 is 0. The highest BCUT2D eigenvalue weighted by atomic mass is 19.1. The topological polar surface area (TPSA) is 48.4 Å². The van der Waals surface area contributed by atoms with Crippen molar-refractivity contribution in [2.24, 2.45) is 5.73 Å². The van der Waals surface area contributed by atoms with Crippen molar-refractivity contribution in [1.82, 2.24) is 0 Å². The van der Waals surface area contributed by atoms with Crippen molar-refractivity contribution in [2.45, 2.75) is 12.5 Å². The Morgan fingerprint density at radius 2 is 2.18 bits per heavy atom. The molecule has 2 aromatic rings. The van der Waals surface area contributed by atoms with Gasteiger partial charge in [-0.1, -0.05) is 6.07 Å². The Morgan fingerprint density at radius 1 is 1.29 bits per heavy atom. The van der Waals surface area contributed by atoms with E-state index in [-0.39, 0.29) is 11.9 Å². The van der Waals surface area contributed by atoms with Crippen LogP contribution in [-0.4, -0.2) is 12.6 Å². The van der Waals surface area contributed by atoms with Crippen molar-refractivity contribution in [3.8, 4) is 5.75 Å². The van der Waals surface area contributed by atoms with Crippen LogP contribution < -0.4 is 10.5 Å². The molecule has 2 rings (SSSR count). The van der Waals surface area contributed by atoms with Crippen LogP contribution >= 0.6 is 0 Å². The zero-order chi connectivity index (χ0) is 12.1. The van der Waals surface area contributed by atoms with Crippen molar-refractivity contribution in [2.75, 3.05) is 6.61 Å². The molecule has 90 valence electrons. The molecule has 4 heteroatoms. The highest BCUT2D eigenvalue weighted by molar-refractivity contribution is 5.22. The summed E-state index contributed by atoms with van der Waals surface area (Å²) in [7, 11) is 0. The van der Waals surface area contributed by atoms with Crippen molar-refractivity contribution >= 4 is 0 Å². The number of benzene rings is 1. The van der Waals surface area contributed by atoms with Crippen molar-refractivity contribution in [3.05, 3.63) is 54.2 Å². The lowest BCUT2D eigenvalue weighted by atomic mass is 10.2. The molecule has 1 atom stereocenters. The van der Waals surface area contributed by atoms with E-state index in [1.807, 2.05) is 12.1 Å². The van der Waals surface area contributed by atoms with Crippen LogP contribution in [0.15, 0.2) is 47.1 Å². The van der Waals surface area contributed by atoms with Crippen LogP contribution in [0.3, 0.4) is 0 Å². The fourth-order valence-electron chi connectivity index (χ4n) is 1.51. The van der Waals surface area contributed by atoms with Gasteiger partial charge >= 0.3 is 0 Å². The highest BCUT2D eigenvalue weighted by Crippen LogP contribution is 2.12. The van der Waals surface area contributed by atoms with Crippen LogP contribution in [0.2, 0.25) is 0 Å². The molecule has 1 heterocycles. The van der Waals surface area contributed by atoms with Crippen LogP contribution in [0, 0.1) is 5.82 Å². The van der Waals surface area contributed by atoms with Crippen LogP contribution in [-0.2, 0) is 6.42 Å². The van der Waals surface area contributed by atoms with E-state index >= 15 is 0 Å². The maximum atomic E-state index is 12.9. The van der Waals surface area contributed by atoms with Gasteiger partial charge in [0, 0.05) is 18.5 Å². The van der Waals surface area contributed by atoms with E-state index in [1.54, 1.807) is 18.4 Å². The predicted octanol–water partition coefficient (Wildman–Crippen LogP) is 2.37. The number of rotatable bonds is 5. The fourth-order valence-corrected chi connectivity index (χ4v) is 1.51. The zero-order valence-corrected chi connectivity index (χ0v) is 9.30. The molecule has 0 fully saturated rings. The van der Waals surface area contributed by atoms with Crippen LogP contribution in [0.25, 0.3) is 0 Å². The molecular weight excluding hydrogens is 221 g/mol. The maximum absolute atomic E-state index is 12.9. The Kier molecular flexibility index (Phi) is 3.77. The third-order valence-corrected chi connectivity index (χ3v) is 2.30. The molecule has 1 aromatic carbocycles. The molecule has 1 unspecified atom stereocenters. The largest absolute Gasteiger partial charge is 0.492 e. The third kappa shape index (κ3) is 3.60. The second-order valence-corrected chi connectivity index (χ2v) is 3.81. The Bertz CT molecular complexity index is 456. The summed E-state index contributed by atoms with van der Waals surface area (Å²) in [6.45, 7) is 0.324. The lowest BCUT2D eigenvalue weighted by Gasteiger charge is -2.11. The average molecular weight is 235 g/mol. The second-order valence-electron chi connectivity index (χ2n) is 3.81. The zero-order valence-electron chi connectivity index (χ0n) is 9.30. The molecular formula is C13H14FNO2. The number of hydrogen-bond donors (Lipinski definition) is 1. The number of ether oxygens (including phenoxy) is 1. The molecule has 0 bridgehead atoms. The van der Waals surface area contributed by atoms with Crippen LogP contribution in [0.1, 0.15) is 5.76 Å². The van der Waals surface area contributed by atoms with E-state index in [1.165, 1.54) is 12.1 Å². The molecule has 0 aliphatic rings. The molecule has 2 N–H and O–H groups in total. The maximum Gasteiger partial charge on any atom is 0.126 e. The van der Waals surface area contributed by atoms with E-state index in [9.17, 15) is 4.39 Å². The first-order valence-electron chi connectivity index (χ1n) is 5.40. The lowest BCUT2D eigenvalue weighted by Crippen LogP contribution is -2.30. The molecule has 0 saturated carbocycles. The van der Waals surface area contributed by atoms with Crippen LogP contribution in [0.4, 0.5) is 4.39 Å². The second kappa shape index (κ2) is 5.50. The van der Waals surface area contributed by atoms with Gasteiger partial charge in [0.25, 0.3) is 0 Å².